The fourth-order valence-corrected chi connectivity index (χ4v) is 1.96. The number of aromatic nitrogens is 2. The van der Waals surface area contributed by atoms with Gasteiger partial charge in [-0.25, -0.2) is 13.8 Å². The molecule has 1 atom stereocenters. The van der Waals surface area contributed by atoms with Crippen LogP contribution in [0.15, 0.2) is 30.6 Å². The van der Waals surface area contributed by atoms with Crippen LogP contribution in [0.5, 0.6) is 0 Å². The van der Waals surface area contributed by atoms with Crippen molar-refractivity contribution in [3.63, 3.8) is 0 Å². The molecule has 0 aliphatic carbocycles. The van der Waals surface area contributed by atoms with Crippen LogP contribution in [0.3, 0.4) is 0 Å². The molecule has 0 saturated heterocycles. The molecule has 1 heterocycles. The Morgan fingerprint density at radius 3 is 2.90 bits per heavy atom. The van der Waals surface area contributed by atoms with Crippen molar-refractivity contribution in [2.24, 2.45) is 7.05 Å². The van der Waals surface area contributed by atoms with Crippen LogP contribution in [0.1, 0.15) is 17.5 Å². The van der Waals surface area contributed by atoms with Crippen molar-refractivity contribution < 1.29 is 13.9 Å². The Kier molecular flexibility index (Phi) is 4.81. The average Bonchev–Trinajstić information content (AvgIpc) is 2.83. The number of benzene rings is 1. The van der Waals surface area contributed by atoms with Crippen LogP contribution in [0.2, 0.25) is 0 Å². The summed E-state index contributed by atoms with van der Waals surface area (Å²) in [6, 6.07) is 3.06. The Labute approximate surface area is 116 Å². The van der Waals surface area contributed by atoms with Gasteiger partial charge in [0.15, 0.2) is 0 Å². The molecular formula is C14H17F2N3O. The monoisotopic (exact) mass is 281 g/mol. The predicted molar refractivity (Wildman–Crippen MR) is 71.1 cm³/mol. The lowest BCUT2D eigenvalue weighted by Gasteiger charge is -2.13. The predicted octanol–water partition coefficient (Wildman–Crippen LogP) is 1.56. The molecule has 4 nitrogen and oxygen atoms in total. The highest BCUT2D eigenvalue weighted by Crippen LogP contribution is 2.17. The van der Waals surface area contributed by atoms with Gasteiger partial charge in [-0.3, -0.25) is 0 Å². The van der Waals surface area contributed by atoms with Crippen molar-refractivity contribution in [2.75, 3.05) is 13.1 Å². The van der Waals surface area contributed by atoms with Gasteiger partial charge in [0.05, 0.1) is 6.10 Å². The highest BCUT2D eigenvalue weighted by Gasteiger charge is 2.13. The molecule has 0 aliphatic rings. The lowest BCUT2D eigenvalue weighted by molar-refractivity contribution is 0.170. The van der Waals surface area contributed by atoms with Gasteiger partial charge in [-0.05, 0) is 18.2 Å². The van der Waals surface area contributed by atoms with Crippen molar-refractivity contribution in [1.82, 2.24) is 14.9 Å². The molecule has 1 aromatic heterocycles. The second-order valence-electron chi connectivity index (χ2n) is 4.59. The molecule has 0 bridgehead atoms. The van der Waals surface area contributed by atoms with E-state index in [9.17, 15) is 13.9 Å². The van der Waals surface area contributed by atoms with E-state index in [0.29, 0.717) is 13.0 Å². The summed E-state index contributed by atoms with van der Waals surface area (Å²) >= 11 is 0. The van der Waals surface area contributed by atoms with Crippen LogP contribution in [0.4, 0.5) is 8.78 Å². The molecule has 1 unspecified atom stereocenters. The van der Waals surface area contributed by atoms with Gasteiger partial charge >= 0.3 is 0 Å². The summed E-state index contributed by atoms with van der Waals surface area (Å²) in [6.45, 7) is 0.754. The Balaban J connectivity index is 1.82. The maximum atomic E-state index is 13.4. The molecule has 0 saturated carbocycles. The minimum absolute atomic E-state index is 0.0329. The Bertz CT molecular complexity index is 571. The zero-order valence-corrected chi connectivity index (χ0v) is 11.2. The summed E-state index contributed by atoms with van der Waals surface area (Å²) in [5.74, 6) is -0.248. The number of rotatable bonds is 6. The van der Waals surface area contributed by atoms with E-state index in [4.69, 9.17) is 0 Å². The van der Waals surface area contributed by atoms with Crippen LogP contribution in [-0.2, 0) is 13.5 Å². The van der Waals surface area contributed by atoms with Gasteiger partial charge in [-0.2, -0.15) is 0 Å². The molecule has 0 radical (unpaired) electrons. The standard InChI is InChI=1S/C14H17F2N3O/c1-19-7-6-18-14(19)4-5-17-9-13(20)11-8-10(15)2-3-12(11)16/h2-3,6-8,13,17,20H,4-5,9H2,1H3. The lowest BCUT2D eigenvalue weighted by Crippen LogP contribution is -2.25. The third kappa shape index (κ3) is 3.61. The average molecular weight is 281 g/mol. The van der Waals surface area contributed by atoms with Crippen molar-refractivity contribution in [3.05, 3.63) is 53.6 Å². The first-order valence-electron chi connectivity index (χ1n) is 6.38. The molecule has 20 heavy (non-hydrogen) atoms. The minimum Gasteiger partial charge on any atom is -0.387 e. The van der Waals surface area contributed by atoms with Crippen LogP contribution in [0.25, 0.3) is 0 Å². The van der Waals surface area contributed by atoms with Crippen molar-refractivity contribution in [2.45, 2.75) is 12.5 Å². The van der Waals surface area contributed by atoms with Gasteiger partial charge in [0, 0.05) is 44.5 Å². The normalized spacial score (nSPS) is 12.6. The number of hydrogen-bond acceptors (Lipinski definition) is 3. The summed E-state index contributed by atoms with van der Waals surface area (Å²) in [6.07, 6.45) is 3.19. The van der Waals surface area contributed by atoms with Gasteiger partial charge < -0.3 is 15.0 Å². The largest absolute Gasteiger partial charge is 0.387 e. The fourth-order valence-electron chi connectivity index (χ4n) is 1.96. The van der Waals surface area contributed by atoms with Crippen molar-refractivity contribution in [3.8, 4) is 0 Å². The number of aryl methyl sites for hydroxylation is 1. The smallest absolute Gasteiger partial charge is 0.129 e. The Morgan fingerprint density at radius 1 is 1.40 bits per heavy atom. The third-order valence-electron chi connectivity index (χ3n) is 3.10. The molecule has 1 aromatic carbocycles. The molecule has 108 valence electrons. The van der Waals surface area contributed by atoms with Crippen LogP contribution >= 0.6 is 0 Å². The first kappa shape index (κ1) is 14.6. The van der Waals surface area contributed by atoms with E-state index in [0.717, 1.165) is 24.0 Å². The van der Waals surface area contributed by atoms with Gasteiger partial charge in [0.25, 0.3) is 0 Å². The molecule has 0 fully saturated rings. The lowest BCUT2D eigenvalue weighted by atomic mass is 10.1. The second kappa shape index (κ2) is 6.58. The topological polar surface area (TPSA) is 50.1 Å². The van der Waals surface area contributed by atoms with E-state index in [1.165, 1.54) is 0 Å². The van der Waals surface area contributed by atoms with E-state index < -0.39 is 17.7 Å². The van der Waals surface area contributed by atoms with Crippen LogP contribution < -0.4 is 5.32 Å². The summed E-state index contributed by atoms with van der Waals surface area (Å²) in [5.41, 5.74) is -0.0329. The fraction of sp³-hybridized carbons (Fsp3) is 0.357. The minimum atomic E-state index is -1.08. The highest BCUT2D eigenvalue weighted by atomic mass is 19.1. The molecule has 2 N–H and O–H groups in total. The van der Waals surface area contributed by atoms with Crippen LogP contribution in [-0.4, -0.2) is 27.7 Å². The molecule has 2 rings (SSSR count). The van der Waals surface area contributed by atoms with Gasteiger partial charge in [-0.15, -0.1) is 0 Å². The highest BCUT2D eigenvalue weighted by molar-refractivity contribution is 5.21. The van der Waals surface area contributed by atoms with Crippen molar-refractivity contribution >= 4 is 0 Å². The molecule has 0 spiro atoms. The van der Waals surface area contributed by atoms with Gasteiger partial charge in [0.1, 0.15) is 17.5 Å². The number of nitrogens with one attached hydrogen (secondary N) is 1. The Morgan fingerprint density at radius 2 is 2.20 bits per heavy atom. The number of nitrogens with zero attached hydrogens (tertiary/aromatic N) is 2. The number of hydrogen-bond donors (Lipinski definition) is 2. The third-order valence-corrected chi connectivity index (χ3v) is 3.10. The second-order valence-corrected chi connectivity index (χ2v) is 4.59. The first-order valence-corrected chi connectivity index (χ1v) is 6.38. The molecule has 6 heteroatoms. The molecule has 2 aromatic rings. The summed E-state index contributed by atoms with van der Waals surface area (Å²) in [5, 5.41) is 12.9. The van der Waals surface area contributed by atoms with E-state index in [-0.39, 0.29) is 12.1 Å². The summed E-state index contributed by atoms with van der Waals surface area (Å²) in [7, 11) is 1.90. The number of halogens is 2. The summed E-state index contributed by atoms with van der Waals surface area (Å²) < 4.78 is 28.4. The van der Waals surface area contributed by atoms with E-state index >= 15 is 0 Å². The summed E-state index contributed by atoms with van der Waals surface area (Å²) in [4.78, 5) is 4.17. The van der Waals surface area contributed by atoms with E-state index in [1.807, 2.05) is 17.8 Å². The number of aliphatic hydroxyl groups excluding tert-OH is 1. The zero-order valence-electron chi connectivity index (χ0n) is 11.2. The van der Waals surface area contributed by atoms with Crippen molar-refractivity contribution in [1.29, 1.82) is 0 Å². The quantitative estimate of drug-likeness (QED) is 0.790. The van der Waals surface area contributed by atoms with E-state index in [2.05, 4.69) is 10.3 Å². The molecular weight excluding hydrogens is 264 g/mol. The molecule has 0 amide bonds. The van der Waals surface area contributed by atoms with Gasteiger partial charge in [-0.1, -0.05) is 0 Å². The van der Waals surface area contributed by atoms with Crippen LogP contribution in [0, 0.1) is 11.6 Å². The number of aliphatic hydroxyl groups is 1. The number of imidazole rings is 1. The maximum Gasteiger partial charge on any atom is 0.129 e. The van der Waals surface area contributed by atoms with Gasteiger partial charge in [0.2, 0.25) is 0 Å². The first-order chi connectivity index (χ1) is 9.58. The zero-order chi connectivity index (χ0) is 14.5. The Hall–Kier alpha value is -1.79. The SMILES string of the molecule is Cn1ccnc1CCNCC(O)c1cc(F)ccc1F. The maximum absolute atomic E-state index is 13.4. The van der Waals surface area contributed by atoms with E-state index in [1.54, 1.807) is 6.20 Å². The molecule has 0 aliphatic heterocycles.